The van der Waals surface area contributed by atoms with Crippen molar-refractivity contribution in [1.29, 1.82) is 0 Å². The molecule has 2 N–H and O–H groups in total. The lowest BCUT2D eigenvalue weighted by Crippen LogP contribution is -1.92. The van der Waals surface area contributed by atoms with Crippen molar-refractivity contribution in [3.63, 3.8) is 0 Å². The van der Waals surface area contributed by atoms with E-state index in [1.807, 2.05) is 57.2 Å². The number of aromatic hydroxyl groups is 1. The van der Waals surface area contributed by atoms with Gasteiger partial charge in [0.25, 0.3) is 0 Å². The number of aryl methyl sites for hydroxylation is 3. The molecule has 98 valence electrons. The Bertz CT molecular complexity index is 595. The van der Waals surface area contributed by atoms with Gasteiger partial charge >= 0.3 is 0 Å². The highest BCUT2D eigenvalue weighted by Gasteiger charge is 2.01. The molecule has 0 fully saturated rings. The number of hydrazone groups is 1. The number of nitrogens with zero attached hydrogens (tertiary/aromatic N) is 1. The molecule has 0 aliphatic heterocycles. The highest BCUT2D eigenvalue weighted by molar-refractivity contribution is 5.81. The second kappa shape index (κ2) is 5.57. The molecular formula is C16H18N2O. The van der Waals surface area contributed by atoms with Crippen LogP contribution in [0.1, 0.15) is 22.3 Å². The average molecular weight is 254 g/mol. The van der Waals surface area contributed by atoms with Crippen LogP contribution in [0, 0.1) is 20.8 Å². The van der Waals surface area contributed by atoms with Gasteiger partial charge in [-0.1, -0.05) is 12.1 Å². The number of hydrogen-bond acceptors (Lipinski definition) is 3. The summed E-state index contributed by atoms with van der Waals surface area (Å²) in [6.07, 6.45) is 1.75. The smallest absolute Gasteiger partial charge is 0.121 e. The van der Waals surface area contributed by atoms with Gasteiger partial charge in [0.1, 0.15) is 5.75 Å². The zero-order valence-corrected chi connectivity index (χ0v) is 11.4. The lowest BCUT2D eigenvalue weighted by atomic mass is 10.1. The number of benzene rings is 2. The van der Waals surface area contributed by atoms with Gasteiger partial charge in [-0.3, -0.25) is 5.43 Å². The van der Waals surface area contributed by atoms with Gasteiger partial charge in [0.05, 0.1) is 11.9 Å². The highest BCUT2D eigenvalue weighted by atomic mass is 16.3. The molecule has 3 nitrogen and oxygen atoms in total. The number of rotatable bonds is 3. The predicted molar refractivity (Wildman–Crippen MR) is 80.0 cm³/mol. The first-order valence-corrected chi connectivity index (χ1v) is 6.22. The summed E-state index contributed by atoms with van der Waals surface area (Å²) in [5.41, 5.74) is 7.83. The fourth-order valence-electron chi connectivity index (χ4n) is 1.96. The largest absolute Gasteiger partial charge is 0.507 e. The third kappa shape index (κ3) is 3.35. The molecule has 0 saturated heterocycles. The van der Waals surface area contributed by atoms with Gasteiger partial charge in [-0.25, -0.2) is 0 Å². The quantitative estimate of drug-likeness (QED) is 0.647. The van der Waals surface area contributed by atoms with Crippen LogP contribution >= 0.6 is 0 Å². The first kappa shape index (κ1) is 13.1. The Balaban J connectivity index is 2.11. The van der Waals surface area contributed by atoms with Crippen molar-refractivity contribution in [3.05, 3.63) is 58.7 Å². The zero-order chi connectivity index (χ0) is 13.8. The van der Waals surface area contributed by atoms with E-state index in [9.17, 15) is 5.11 Å². The van der Waals surface area contributed by atoms with Crippen molar-refractivity contribution in [1.82, 2.24) is 0 Å². The van der Waals surface area contributed by atoms with Crippen molar-refractivity contribution >= 4 is 11.9 Å². The van der Waals surface area contributed by atoms with Gasteiger partial charge < -0.3 is 5.11 Å². The molecule has 0 saturated carbocycles. The molecule has 2 aromatic rings. The maximum atomic E-state index is 9.70. The van der Waals surface area contributed by atoms with Crippen molar-refractivity contribution in [2.75, 3.05) is 5.43 Å². The summed E-state index contributed by atoms with van der Waals surface area (Å²) < 4.78 is 0. The van der Waals surface area contributed by atoms with E-state index in [0.717, 1.165) is 22.4 Å². The molecule has 3 heteroatoms. The molecule has 0 atom stereocenters. The summed E-state index contributed by atoms with van der Waals surface area (Å²) in [6, 6.07) is 11.8. The van der Waals surface area contributed by atoms with E-state index in [4.69, 9.17) is 0 Å². The minimum absolute atomic E-state index is 0.351. The monoisotopic (exact) mass is 254 g/mol. The molecule has 0 radical (unpaired) electrons. The predicted octanol–water partition coefficient (Wildman–Crippen LogP) is 3.76. The highest BCUT2D eigenvalue weighted by Crippen LogP contribution is 2.22. The van der Waals surface area contributed by atoms with Gasteiger partial charge in [-0.15, -0.1) is 0 Å². The van der Waals surface area contributed by atoms with Crippen molar-refractivity contribution in [2.45, 2.75) is 20.8 Å². The van der Waals surface area contributed by atoms with Crippen LogP contribution in [0.3, 0.4) is 0 Å². The lowest BCUT2D eigenvalue weighted by Gasteiger charge is -2.05. The first-order valence-electron chi connectivity index (χ1n) is 6.22. The van der Waals surface area contributed by atoms with Crippen LogP contribution in [0.4, 0.5) is 5.69 Å². The number of phenolic OH excluding ortho intramolecular Hbond substituents is 1. The molecule has 0 heterocycles. The summed E-state index contributed by atoms with van der Waals surface area (Å²) >= 11 is 0. The minimum atomic E-state index is 0.351. The topological polar surface area (TPSA) is 44.6 Å². The standard InChI is InChI=1S/C16H18N2O/c1-11-5-4-6-15(7-11)18-17-10-14-8-12(2)16(19)13(3)9-14/h4-10,18-19H,1-3H3/b17-10+. The van der Waals surface area contributed by atoms with E-state index in [2.05, 4.69) is 10.5 Å². The van der Waals surface area contributed by atoms with Crippen LogP contribution in [-0.2, 0) is 0 Å². The lowest BCUT2D eigenvalue weighted by molar-refractivity contribution is 0.467. The molecule has 0 spiro atoms. The Morgan fingerprint density at radius 1 is 1.05 bits per heavy atom. The van der Waals surface area contributed by atoms with Gasteiger partial charge in [0, 0.05) is 0 Å². The first-order chi connectivity index (χ1) is 9.06. The summed E-state index contributed by atoms with van der Waals surface area (Å²) in [7, 11) is 0. The third-order valence-electron chi connectivity index (χ3n) is 2.94. The van der Waals surface area contributed by atoms with Crippen molar-refractivity contribution in [2.24, 2.45) is 5.10 Å². The number of anilines is 1. The molecule has 0 aromatic heterocycles. The van der Waals surface area contributed by atoms with Crippen molar-refractivity contribution in [3.8, 4) is 5.75 Å². The van der Waals surface area contributed by atoms with Crippen molar-refractivity contribution < 1.29 is 5.11 Å². The number of nitrogens with one attached hydrogen (secondary N) is 1. The number of phenols is 1. The van der Waals surface area contributed by atoms with E-state index in [-0.39, 0.29) is 0 Å². The van der Waals surface area contributed by atoms with Crippen LogP contribution in [0.25, 0.3) is 0 Å². The maximum absolute atomic E-state index is 9.70. The van der Waals surface area contributed by atoms with Crippen LogP contribution in [0.5, 0.6) is 5.75 Å². The number of hydrogen-bond donors (Lipinski definition) is 2. The second-order valence-electron chi connectivity index (χ2n) is 4.74. The van der Waals surface area contributed by atoms with Gasteiger partial charge in [0.15, 0.2) is 0 Å². The van der Waals surface area contributed by atoms with E-state index >= 15 is 0 Å². The molecule has 0 amide bonds. The van der Waals surface area contributed by atoms with E-state index in [1.54, 1.807) is 6.21 Å². The molecule has 0 aliphatic rings. The molecule has 0 unspecified atom stereocenters. The SMILES string of the molecule is Cc1cccc(N/N=C/c2cc(C)c(O)c(C)c2)c1. The van der Waals surface area contributed by atoms with Gasteiger partial charge in [0.2, 0.25) is 0 Å². The fourth-order valence-corrected chi connectivity index (χ4v) is 1.96. The minimum Gasteiger partial charge on any atom is -0.507 e. The Morgan fingerprint density at radius 2 is 1.74 bits per heavy atom. The summed E-state index contributed by atoms with van der Waals surface area (Å²) in [4.78, 5) is 0. The summed E-state index contributed by atoms with van der Waals surface area (Å²) in [6.45, 7) is 5.81. The molecule has 2 aromatic carbocycles. The Labute approximate surface area is 113 Å². The molecule has 19 heavy (non-hydrogen) atoms. The zero-order valence-electron chi connectivity index (χ0n) is 11.4. The summed E-state index contributed by atoms with van der Waals surface area (Å²) in [5.74, 6) is 0.351. The Hall–Kier alpha value is -2.29. The van der Waals surface area contributed by atoms with E-state index in [0.29, 0.717) is 5.75 Å². The molecular weight excluding hydrogens is 236 g/mol. The average Bonchev–Trinajstić information content (AvgIpc) is 2.36. The fraction of sp³-hybridized carbons (Fsp3) is 0.188. The summed E-state index contributed by atoms with van der Waals surface area (Å²) in [5, 5.41) is 13.9. The Morgan fingerprint density at radius 3 is 2.37 bits per heavy atom. The van der Waals surface area contributed by atoms with Crippen LogP contribution < -0.4 is 5.43 Å². The van der Waals surface area contributed by atoms with E-state index in [1.165, 1.54) is 5.56 Å². The van der Waals surface area contributed by atoms with E-state index < -0.39 is 0 Å². The van der Waals surface area contributed by atoms with Gasteiger partial charge in [-0.2, -0.15) is 5.10 Å². The molecule has 0 aliphatic carbocycles. The van der Waals surface area contributed by atoms with Crippen LogP contribution in [0.2, 0.25) is 0 Å². The maximum Gasteiger partial charge on any atom is 0.121 e. The molecule has 2 rings (SSSR count). The third-order valence-corrected chi connectivity index (χ3v) is 2.94. The normalized spacial score (nSPS) is 10.9. The van der Waals surface area contributed by atoms with Crippen LogP contribution in [-0.4, -0.2) is 11.3 Å². The second-order valence-corrected chi connectivity index (χ2v) is 4.74. The Kier molecular flexibility index (Phi) is 3.85. The van der Waals surface area contributed by atoms with Gasteiger partial charge in [-0.05, 0) is 67.3 Å². The molecule has 0 bridgehead atoms. The van der Waals surface area contributed by atoms with Crippen LogP contribution in [0.15, 0.2) is 41.5 Å².